The van der Waals surface area contributed by atoms with E-state index in [0.717, 1.165) is 39.1 Å². The normalized spacial score (nSPS) is 12.8. The van der Waals surface area contributed by atoms with Crippen LogP contribution >= 0.6 is 0 Å². The van der Waals surface area contributed by atoms with E-state index in [4.69, 9.17) is 10.5 Å². The number of rotatable bonds is 11. The predicted molar refractivity (Wildman–Crippen MR) is 73.4 cm³/mol. The summed E-state index contributed by atoms with van der Waals surface area (Å²) >= 11 is 0. The molecular formula is C13H26N4O. The Kier molecular flexibility index (Phi) is 8.46. The monoisotopic (exact) mass is 254 g/mol. The fourth-order valence-corrected chi connectivity index (χ4v) is 1.95. The highest BCUT2D eigenvalue weighted by Crippen LogP contribution is 1.99. The Morgan fingerprint density at radius 3 is 2.94 bits per heavy atom. The Morgan fingerprint density at radius 2 is 2.28 bits per heavy atom. The number of aryl methyl sites for hydroxylation is 1. The maximum Gasteiger partial charge on any atom is 0.0945 e. The zero-order valence-corrected chi connectivity index (χ0v) is 11.3. The Morgan fingerprint density at radius 1 is 1.39 bits per heavy atom. The lowest BCUT2D eigenvalue weighted by Crippen LogP contribution is -2.34. The molecule has 0 aliphatic rings. The van der Waals surface area contributed by atoms with Gasteiger partial charge in [-0.05, 0) is 38.8 Å². The van der Waals surface area contributed by atoms with Crippen molar-refractivity contribution in [3.05, 3.63) is 18.7 Å². The van der Waals surface area contributed by atoms with Gasteiger partial charge in [0.05, 0.1) is 12.9 Å². The third-order valence-corrected chi connectivity index (χ3v) is 2.96. The molecule has 0 spiro atoms. The first kappa shape index (κ1) is 15.1. The number of imidazole rings is 1. The summed E-state index contributed by atoms with van der Waals surface area (Å²) in [6.45, 7) is 3.59. The Labute approximate surface area is 110 Å². The van der Waals surface area contributed by atoms with Crippen LogP contribution in [0.5, 0.6) is 0 Å². The first-order chi connectivity index (χ1) is 8.86. The number of hydrogen-bond donors (Lipinski definition) is 2. The van der Waals surface area contributed by atoms with Crippen LogP contribution in [0, 0.1) is 0 Å². The molecule has 1 aromatic heterocycles. The lowest BCUT2D eigenvalue weighted by atomic mass is 10.1. The summed E-state index contributed by atoms with van der Waals surface area (Å²) in [4.78, 5) is 4.03. The maximum atomic E-state index is 5.53. The molecule has 1 unspecified atom stereocenters. The van der Waals surface area contributed by atoms with Crippen LogP contribution in [-0.2, 0) is 11.3 Å². The standard InChI is InChI=1S/C13H26N4O/c1-18-11-13(5-4-6-14)16-7-2-3-9-17-10-8-15-12-17/h8,10,12-13,16H,2-7,9,11,14H2,1H3. The third-order valence-electron chi connectivity index (χ3n) is 2.96. The number of unbranched alkanes of at least 4 members (excludes halogenated alkanes) is 1. The lowest BCUT2D eigenvalue weighted by molar-refractivity contribution is 0.161. The number of nitrogens with two attached hydrogens (primary N) is 1. The van der Waals surface area contributed by atoms with Gasteiger partial charge >= 0.3 is 0 Å². The average Bonchev–Trinajstić information content (AvgIpc) is 2.88. The van der Waals surface area contributed by atoms with Crippen molar-refractivity contribution in [2.45, 2.75) is 38.3 Å². The van der Waals surface area contributed by atoms with E-state index in [9.17, 15) is 0 Å². The SMILES string of the molecule is COCC(CCCN)NCCCCn1ccnc1. The summed E-state index contributed by atoms with van der Waals surface area (Å²) in [5.74, 6) is 0. The van der Waals surface area contributed by atoms with E-state index in [-0.39, 0.29) is 0 Å². The van der Waals surface area contributed by atoms with Gasteiger partial charge in [0.2, 0.25) is 0 Å². The van der Waals surface area contributed by atoms with Gasteiger partial charge in [0.1, 0.15) is 0 Å². The van der Waals surface area contributed by atoms with E-state index in [2.05, 4.69) is 14.9 Å². The highest BCUT2D eigenvalue weighted by molar-refractivity contribution is 4.74. The molecule has 5 nitrogen and oxygen atoms in total. The zero-order valence-electron chi connectivity index (χ0n) is 11.3. The predicted octanol–water partition coefficient (Wildman–Crippen LogP) is 1.01. The van der Waals surface area contributed by atoms with Crippen LogP contribution in [0.25, 0.3) is 0 Å². The van der Waals surface area contributed by atoms with Crippen LogP contribution in [0.4, 0.5) is 0 Å². The summed E-state index contributed by atoms with van der Waals surface area (Å²) in [5.41, 5.74) is 5.53. The van der Waals surface area contributed by atoms with E-state index in [1.54, 1.807) is 7.11 Å². The van der Waals surface area contributed by atoms with Gasteiger partial charge in [0.15, 0.2) is 0 Å². The smallest absolute Gasteiger partial charge is 0.0945 e. The van der Waals surface area contributed by atoms with Gasteiger partial charge in [-0.1, -0.05) is 0 Å². The molecule has 0 aliphatic heterocycles. The molecule has 1 aromatic rings. The largest absolute Gasteiger partial charge is 0.383 e. The van der Waals surface area contributed by atoms with E-state index in [1.165, 1.54) is 12.8 Å². The second-order valence-corrected chi connectivity index (χ2v) is 4.54. The first-order valence-electron chi connectivity index (χ1n) is 6.75. The molecule has 1 heterocycles. The molecular weight excluding hydrogens is 228 g/mol. The number of methoxy groups -OCH3 is 1. The molecule has 0 bridgehead atoms. The van der Waals surface area contributed by atoms with E-state index < -0.39 is 0 Å². The molecule has 0 amide bonds. The maximum absolute atomic E-state index is 5.53. The van der Waals surface area contributed by atoms with Crippen molar-refractivity contribution in [3.63, 3.8) is 0 Å². The molecule has 3 N–H and O–H groups in total. The molecule has 18 heavy (non-hydrogen) atoms. The van der Waals surface area contributed by atoms with E-state index in [1.807, 2.05) is 18.7 Å². The van der Waals surface area contributed by atoms with Crippen molar-refractivity contribution in [2.24, 2.45) is 5.73 Å². The third kappa shape index (κ3) is 6.74. The van der Waals surface area contributed by atoms with Crippen molar-refractivity contribution in [2.75, 3.05) is 26.8 Å². The van der Waals surface area contributed by atoms with E-state index >= 15 is 0 Å². The Bertz CT molecular complexity index is 277. The molecule has 0 fully saturated rings. The minimum absolute atomic E-state index is 0.437. The van der Waals surface area contributed by atoms with Crippen molar-refractivity contribution in [3.8, 4) is 0 Å². The molecule has 0 saturated heterocycles. The quantitative estimate of drug-likeness (QED) is 0.578. The summed E-state index contributed by atoms with van der Waals surface area (Å²) in [7, 11) is 1.75. The minimum atomic E-state index is 0.437. The molecule has 1 rings (SSSR count). The van der Waals surface area contributed by atoms with Crippen LogP contribution in [0.2, 0.25) is 0 Å². The van der Waals surface area contributed by atoms with Gasteiger partial charge in [-0.3, -0.25) is 0 Å². The number of ether oxygens (including phenoxy) is 1. The number of hydrogen-bond acceptors (Lipinski definition) is 4. The second-order valence-electron chi connectivity index (χ2n) is 4.54. The molecule has 104 valence electrons. The molecule has 0 aromatic carbocycles. The van der Waals surface area contributed by atoms with Crippen LogP contribution < -0.4 is 11.1 Å². The fourth-order valence-electron chi connectivity index (χ4n) is 1.95. The highest BCUT2D eigenvalue weighted by atomic mass is 16.5. The first-order valence-corrected chi connectivity index (χ1v) is 6.75. The minimum Gasteiger partial charge on any atom is -0.383 e. The van der Waals surface area contributed by atoms with E-state index in [0.29, 0.717) is 6.04 Å². The van der Waals surface area contributed by atoms with Crippen molar-refractivity contribution < 1.29 is 4.74 Å². The summed E-state index contributed by atoms with van der Waals surface area (Å²) in [6.07, 6.45) is 10.2. The van der Waals surface area contributed by atoms with Crippen LogP contribution in [-0.4, -0.2) is 42.4 Å². The van der Waals surface area contributed by atoms with Gasteiger partial charge in [-0.15, -0.1) is 0 Å². The van der Waals surface area contributed by atoms with Gasteiger partial charge < -0.3 is 20.4 Å². The van der Waals surface area contributed by atoms with Gasteiger partial charge in [-0.2, -0.15) is 0 Å². The zero-order chi connectivity index (χ0) is 13.1. The lowest BCUT2D eigenvalue weighted by Gasteiger charge is -2.17. The summed E-state index contributed by atoms with van der Waals surface area (Å²) in [6, 6.07) is 0.437. The van der Waals surface area contributed by atoms with Crippen LogP contribution in [0.3, 0.4) is 0 Å². The molecule has 0 saturated carbocycles. The van der Waals surface area contributed by atoms with Crippen LogP contribution in [0.1, 0.15) is 25.7 Å². The highest BCUT2D eigenvalue weighted by Gasteiger charge is 2.06. The molecule has 1 atom stereocenters. The van der Waals surface area contributed by atoms with Crippen molar-refractivity contribution >= 4 is 0 Å². The van der Waals surface area contributed by atoms with Gasteiger partial charge in [0, 0.05) is 32.1 Å². The van der Waals surface area contributed by atoms with Gasteiger partial charge in [-0.25, -0.2) is 4.98 Å². The van der Waals surface area contributed by atoms with Crippen molar-refractivity contribution in [1.29, 1.82) is 0 Å². The Hall–Kier alpha value is -0.910. The number of aromatic nitrogens is 2. The fraction of sp³-hybridized carbons (Fsp3) is 0.769. The molecule has 5 heteroatoms. The number of nitrogens with one attached hydrogen (secondary N) is 1. The average molecular weight is 254 g/mol. The summed E-state index contributed by atoms with van der Waals surface area (Å²) in [5, 5.41) is 3.53. The molecule has 0 radical (unpaired) electrons. The molecule has 0 aliphatic carbocycles. The summed E-state index contributed by atoms with van der Waals surface area (Å²) < 4.78 is 7.31. The van der Waals surface area contributed by atoms with Crippen molar-refractivity contribution in [1.82, 2.24) is 14.9 Å². The number of nitrogens with zero attached hydrogens (tertiary/aromatic N) is 2. The van der Waals surface area contributed by atoms with Gasteiger partial charge in [0.25, 0.3) is 0 Å². The second kappa shape index (κ2) is 10.1. The Balaban J connectivity index is 2.03. The van der Waals surface area contributed by atoms with Crippen LogP contribution in [0.15, 0.2) is 18.7 Å². The topological polar surface area (TPSA) is 65.1 Å².